The van der Waals surface area contributed by atoms with E-state index in [1.165, 1.54) is 25.7 Å². The van der Waals surface area contributed by atoms with Gasteiger partial charge in [-0.3, -0.25) is 9.20 Å². The lowest BCUT2D eigenvalue weighted by atomic mass is 10.2. The van der Waals surface area contributed by atoms with Crippen LogP contribution in [0.3, 0.4) is 0 Å². The Morgan fingerprint density at radius 1 is 1.14 bits per heavy atom. The van der Waals surface area contributed by atoms with E-state index in [2.05, 4.69) is 21.1 Å². The van der Waals surface area contributed by atoms with Crippen LogP contribution < -0.4 is 5.32 Å². The fourth-order valence-corrected chi connectivity index (χ4v) is 4.15. The fourth-order valence-electron chi connectivity index (χ4n) is 4.15. The van der Waals surface area contributed by atoms with Crippen molar-refractivity contribution in [3.05, 3.63) is 72.4 Å². The second kappa shape index (κ2) is 7.20. The van der Waals surface area contributed by atoms with Crippen molar-refractivity contribution in [2.45, 2.75) is 38.6 Å². The normalized spacial score (nSPS) is 14.5. The molecule has 1 N–H and O–H groups in total. The Morgan fingerprint density at radius 2 is 2.00 bits per heavy atom. The number of rotatable bonds is 4. The van der Waals surface area contributed by atoms with Crippen molar-refractivity contribution in [1.82, 2.24) is 18.9 Å². The van der Waals surface area contributed by atoms with Gasteiger partial charge in [-0.25, -0.2) is 9.97 Å². The minimum Gasteiger partial charge on any atom is -0.334 e. The molecular weight excluding hydrogens is 362 g/mol. The highest BCUT2D eigenvalue weighted by molar-refractivity contribution is 6.08. The van der Waals surface area contributed by atoms with Gasteiger partial charge in [-0.05, 0) is 49.6 Å². The highest BCUT2D eigenvalue weighted by Gasteiger charge is 2.22. The molecule has 29 heavy (non-hydrogen) atoms. The number of aryl methyl sites for hydroxylation is 1. The number of nitrogens with zero attached hydrogens (tertiary/aromatic N) is 4. The monoisotopic (exact) mass is 385 g/mol. The summed E-state index contributed by atoms with van der Waals surface area (Å²) in [7, 11) is 0. The zero-order valence-corrected chi connectivity index (χ0v) is 16.4. The van der Waals surface area contributed by atoms with Gasteiger partial charge >= 0.3 is 0 Å². The summed E-state index contributed by atoms with van der Waals surface area (Å²) in [6, 6.07) is 14.0. The Hall–Kier alpha value is -3.41. The second-order valence-corrected chi connectivity index (χ2v) is 7.71. The molecule has 0 aliphatic heterocycles. The molecule has 0 spiro atoms. The van der Waals surface area contributed by atoms with Crippen molar-refractivity contribution in [1.29, 1.82) is 0 Å². The summed E-state index contributed by atoms with van der Waals surface area (Å²) < 4.78 is 4.13. The molecule has 0 radical (unpaired) electrons. The third-order valence-electron chi connectivity index (χ3n) is 5.62. The molecule has 1 aliphatic carbocycles. The topological polar surface area (TPSA) is 64.2 Å². The first-order valence-corrected chi connectivity index (χ1v) is 10.1. The minimum absolute atomic E-state index is 0.222. The molecule has 6 heteroatoms. The first kappa shape index (κ1) is 17.7. The van der Waals surface area contributed by atoms with Gasteiger partial charge in [-0.1, -0.05) is 31.0 Å². The zero-order valence-electron chi connectivity index (χ0n) is 16.4. The average Bonchev–Trinajstić information content (AvgIpc) is 3.46. The molecule has 1 aliphatic rings. The van der Waals surface area contributed by atoms with Gasteiger partial charge < -0.3 is 9.88 Å². The third kappa shape index (κ3) is 3.31. The summed E-state index contributed by atoms with van der Waals surface area (Å²) in [6.07, 6.45) is 10.8. The highest BCUT2D eigenvalue weighted by atomic mass is 16.1. The number of aromatic nitrogens is 4. The SMILES string of the molecule is Cc1cccc(NC(=O)c2nc(-c3cn(C4CCCC4)cn3)n3ccccc23)c1. The Kier molecular flexibility index (Phi) is 4.39. The number of hydrogen-bond acceptors (Lipinski definition) is 3. The molecule has 1 amide bonds. The fraction of sp³-hybridized carbons (Fsp3) is 0.261. The summed E-state index contributed by atoms with van der Waals surface area (Å²) in [5.74, 6) is 0.465. The number of benzene rings is 1. The summed E-state index contributed by atoms with van der Waals surface area (Å²) in [4.78, 5) is 22.3. The standard InChI is InChI=1S/C23H23N5O/c1-16-7-6-8-17(13-16)25-23(29)21-20-11-4-5-12-28(20)22(26-21)19-14-27(15-24-19)18-9-2-3-10-18/h4-8,11-15,18H,2-3,9-10H2,1H3,(H,25,29). The molecule has 1 fully saturated rings. The molecule has 146 valence electrons. The van der Waals surface area contributed by atoms with E-state index in [9.17, 15) is 4.79 Å². The van der Waals surface area contributed by atoms with Crippen LogP contribution in [0.25, 0.3) is 17.0 Å². The lowest BCUT2D eigenvalue weighted by Crippen LogP contribution is -2.12. The van der Waals surface area contributed by atoms with Crippen LogP contribution in [0.1, 0.15) is 47.8 Å². The van der Waals surface area contributed by atoms with Crippen LogP contribution in [0.2, 0.25) is 0 Å². The summed E-state index contributed by atoms with van der Waals surface area (Å²) >= 11 is 0. The van der Waals surface area contributed by atoms with Crippen LogP contribution in [0.4, 0.5) is 5.69 Å². The van der Waals surface area contributed by atoms with Crippen molar-refractivity contribution in [2.24, 2.45) is 0 Å². The van der Waals surface area contributed by atoms with Gasteiger partial charge in [-0.15, -0.1) is 0 Å². The maximum Gasteiger partial charge on any atom is 0.276 e. The quantitative estimate of drug-likeness (QED) is 0.545. The van der Waals surface area contributed by atoms with E-state index in [1.54, 1.807) is 0 Å². The van der Waals surface area contributed by atoms with E-state index < -0.39 is 0 Å². The van der Waals surface area contributed by atoms with Gasteiger partial charge in [0.2, 0.25) is 0 Å². The summed E-state index contributed by atoms with van der Waals surface area (Å²) in [5, 5.41) is 2.97. The molecule has 1 aromatic carbocycles. The molecule has 3 heterocycles. The summed E-state index contributed by atoms with van der Waals surface area (Å²) in [6.45, 7) is 2.00. The van der Waals surface area contributed by atoms with Crippen molar-refractivity contribution in [3.8, 4) is 11.5 Å². The maximum absolute atomic E-state index is 13.0. The number of imidazole rings is 2. The lowest BCUT2D eigenvalue weighted by Gasteiger charge is -2.09. The van der Waals surface area contributed by atoms with Crippen molar-refractivity contribution in [2.75, 3.05) is 5.32 Å². The van der Waals surface area contributed by atoms with E-state index >= 15 is 0 Å². The molecule has 6 nitrogen and oxygen atoms in total. The number of anilines is 1. The zero-order chi connectivity index (χ0) is 19.8. The van der Waals surface area contributed by atoms with Gasteiger partial charge in [0.05, 0.1) is 11.8 Å². The number of carbonyl (C=O) groups is 1. The van der Waals surface area contributed by atoms with Gasteiger partial charge in [0.15, 0.2) is 11.5 Å². The van der Waals surface area contributed by atoms with Gasteiger partial charge in [-0.2, -0.15) is 0 Å². The minimum atomic E-state index is -0.222. The first-order valence-electron chi connectivity index (χ1n) is 10.1. The number of carbonyl (C=O) groups excluding carboxylic acids is 1. The van der Waals surface area contributed by atoms with Gasteiger partial charge in [0.25, 0.3) is 5.91 Å². The number of amides is 1. The maximum atomic E-state index is 13.0. The number of hydrogen-bond donors (Lipinski definition) is 1. The van der Waals surface area contributed by atoms with Gasteiger partial charge in [0.1, 0.15) is 5.69 Å². The van der Waals surface area contributed by atoms with Crippen LogP contribution in [-0.4, -0.2) is 24.8 Å². The Balaban J connectivity index is 1.52. The van der Waals surface area contributed by atoms with Crippen LogP contribution in [0, 0.1) is 6.92 Å². The van der Waals surface area contributed by atoms with Crippen LogP contribution in [-0.2, 0) is 0 Å². The molecule has 0 bridgehead atoms. The van der Waals surface area contributed by atoms with Crippen LogP contribution in [0.5, 0.6) is 0 Å². The molecule has 5 rings (SSSR count). The predicted octanol–water partition coefficient (Wildman–Crippen LogP) is 4.87. The molecule has 1 saturated carbocycles. The largest absolute Gasteiger partial charge is 0.334 e. The average molecular weight is 385 g/mol. The van der Waals surface area contributed by atoms with Crippen LogP contribution >= 0.6 is 0 Å². The molecule has 4 aromatic rings. The van der Waals surface area contributed by atoms with Crippen LogP contribution in [0.15, 0.2) is 61.2 Å². The molecule has 0 unspecified atom stereocenters. The Labute approximate surface area is 169 Å². The van der Waals surface area contributed by atoms with Crippen molar-refractivity contribution in [3.63, 3.8) is 0 Å². The Morgan fingerprint density at radius 3 is 2.83 bits per heavy atom. The van der Waals surface area contributed by atoms with E-state index in [0.717, 1.165) is 22.5 Å². The van der Waals surface area contributed by atoms with E-state index in [4.69, 9.17) is 4.98 Å². The number of nitrogens with one attached hydrogen (secondary N) is 1. The van der Waals surface area contributed by atoms with Crippen molar-refractivity contribution < 1.29 is 4.79 Å². The smallest absolute Gasteiger partial charge is 0.276 e. The molecular formula is C23H23N5O. The third-order valence-corrected chi connectivity index (χ3v) is 5.62. The molecule has 0 atom stereocenters. The summed E-state index contributed by atoms with van der Waals surface area (Å²) in [5.41, 5.74) is 3.81. The van der Waals surface area contributed by atoms with Gasteiger partial charge in [0, 0.05) is 24.1 Å². The second-order valence-electron chi connectivity index (χ2n) is 7.71. The first-order chi connectivity index (χ1) is 14.2. The molecule has 3 aromatic heterocycles. The number of pyridine rings is 1. The van der Waals surface area contributed by atoms with E-state index in [-0.39, 0.29) is 5.91 Å². The number of fused-ring (bicyclic) bond motifs is 1. The highest BCUT2D eigenvalue weighted by Crippen LogP contribution is 2.31. The van der Waals surface area contributed by atoms with E-state index in [0.29, 0.717) is 17.6 Å². The Bertz CT molecular complexity index is 1180. The van der Waals surface area contributed by atoms with Crippen molar-refractivity contribution >= 4 is 17.1 Å². The molecule has 0 saturated heterocycles. The predicted molar refractivity (Wildman–Crippen MR) is 113 cm³/mol. The lowest BCUT2D eigenvalue weighted by molar-refractivity contribution is 0.102. The van der Waals surface area contributed by atoms with E-state index in [1.807, 2.05) is 66.3 Å².